The highest BCUT2D eigenvalue weighted by molar-refractivity contribution is 5.65. The second-order valence-corrected chi connectivity index (χ2v) is 7.89. The minimum absolute atomic E-state index is 0.278. The van der Waals surface area contributed by atoms with Crippen LogP contribution in [-0.2, 0) is 22.3 Å². The van der Waals surface area contributed by atoms with Crippen molar-refractivity contribution < 1.29 is 24.5 Å². The van der Waals surface area contributed by atoms with Crippen molar-refractivity contribution in [2.75, 3.05) is 19.8 Å². The highest BCUT2D eigenvalue weighted by Gasteiger charge is 2.41. The van der Waals surface area contributed by atoms with Crippen molar-refractivity contribution in [3.05, 3.63) is 35.4 Å². The second kappa shape index (κ2) is 10.1. The molecule has 1 aliphatic heterocycles. The molecule has 0 spiro atoms. The smallest absolute Gasteiger partial charge is 0.405 e. The van der Waals surface area contributed by atoms with Gasteiger partial charge in [-0.05, 0) is 57.1 Å². The van der Waals surface area contributed by atoms with Crippen LogP contribution in [0, 0.1) is 0 Å². The zero-order valence-electron chi connectivity index (χ0n) is 16.5. The monoisotopic (exact) mass is 379 g/mol. The van der Waals surface area contributed by atoms with Crippen molar-refractivity contribution in [1.29, 1.82) is 0 Å². The maximum Gasteiger partial charge on any atom is 0.405 e. The molecule has 2 rings (SSSR count). The standard InChI is InChI=1S/C21H33NO5/c1-20(2)26-15-21(16-27-20,22-19(24)25)13-12-18-10-8-17(9-11-18)7-5-3-4-6-14-23/h8-11,22-23H,3-7,12-16H2,1-2H3,(H,24,25). The maximum absolute atomic E-state index is 11.2. The summed E-state index contributed by atoms with van der Waals surface area (Å²) in [7, 11) is 0. The van der Waals surface area contributed by atoms with Gasteiger partial charge in [0.2, 0.25) is 0 Å². The van der Waals surface area contributed by atoms with Crippen molar-refractivity contribution in [3.63, 3.8) is 0 Å². The Morgan fingerprint density at radius 2 is 1.56 bits per heavy atom. The predicted octanol–water partition coefficient (Wildman–Crippen LogP) is 3.50. The summed E-state index contributed by atoms with van der Waals surface area (Å²) < 4.78 is 11.4. The van der Waals surface area contributed by atoms with Crippen molar-refractivity contribution in [2.24, 2.45) is 0 Å². The Kier molecular flexibility index (Phi) is 8.07. The van der Waals surface area contributed by atoms with Gasteiger partial charge >= 0.3 is 6.09 Å². The fourth-order valence-electron chi connectivity index (χ4n) is 3.26. The van der Waals surface area contributed by atoms with E-state index in [0.29, 0.717) is 19.6 Å². The highest BCUT2D eigenvalue weighted by atomic mass is 16.7. The van der Waals surface area contributed by atoms with E-state index in [1.807, 2.05) is 13.8 Å². The van der Waals surface area contributed by atoms with Crippen LogP contribution in [0.2, 0.25) is 0 Å². The van der Waals surface area contributed by atoms with Gasteiger partial charge in [0.15, 0.2) is 5.79 Å². The van der Waals surface area contributed by atoms with Crippen LogP contribution in [0.25, 0.3) is 0 Å². The summed E-state index contributed by atoms with van der Waals surface area (Å²) in [5, 5.41) is 20.6. The first-order valence-corrected chi connectivity index (χ1v) is 9.82. The molecule has 0 radical (unpaired) electrons. The van der Waals surface area contributed by atoms with Crippen LogP contribution in [0.4, 0.5) is 4.79 Å². The number of ether oxygens (including phenoxy) is 2. The molecule has 0 unspecified atom stereocenters. The first-order chi connectivity index (χ1) is 12.8. The first kappa shape index (κ1) is 21.7. The summed E-state index contributed by atoms with van der Waals surface area (Å²) in [5.74, 6) is -0.678. The number of aryl methyl sites for hydroxylation is 2. The van der Waals surface area contributed by atoms with E-state index >= 15 is 0 Å². The molecule has 0 aliphatic carbocycles. The summed E-state index contributed by atoms with van der Waals surface area (Å²) in [6, 6.07) is 8.53. The molecular formula is C21H33NO5. The summed E-state index contributed by atoms with van der Waals surface area (Å²) in [6.45, 7) is 4.55. The van der Waals surface area contributed by atoms with Gasteiger partial charge in [-0.3, -0.25) is 0 Å². The van der Waals surface area contributed by atoms with E-state index in [4.69, 9.17) is 14.6 Å². The molecule has 1 saturated heterocycles. The Labute approximate surface area is 161 Å². The molecule has 0 bridgehead atoms. The van der Waals surface area contributed by atoms with Crippen molar-refractivity contribution in [2.45, 2.75) is 70.1 Å². The molecule has 0 atom stereocenters. The van der Waals surface area contributed by atoms with E-state index in [9.17, 15) is 9.90 Å². The van der Waals surface area contributed by atoms with Crippen LogP contribution < -0.4 is 5.32 Å². The van der Waals surface area contributed by atoms with Gasteiger partial charge in [-0.15, -0.1) is 0 Å². The number of hydrogen-bond donors (Lipinski definition) is 3. The zero-order chi connectivity index (χ0) is 19.8. The molecule has 0 aromatic heterocycles. The van der Waals surface area contributed by atoms with Crippen molar-refractivity contribution in [1.82, 2.24) is 5.32 Å². The molecule has 1 aliphatic rings. The third kappa shape index (κ3) is 7.48. The van der Waals surface area contributed by atoms with Gasteiger partial charge in [-0.2, -0.15) is 0 Å². The van der Waals surface area contributed by atoms with Crippen LogP contribution in [0.5, 0.6) is 0 Å². The number of amides is 1. The molecule has 1 amide bonds. The van der Waals surface area contributed by atoms with Gasteiger partial charge in [0.25, 0.3) is 0 Å². The summed E-state index contributed by atoms with van der Waals surface area (Å²) in [6.07, 6.45) is 5.60. The first-order valence-electron chi connectivity index (χ1n) is 9.82. The molecule has 6 heteroatoms. The normalized spacial score (nSPS) is 18.2. The lowest BCUT2D eigenvalue weighted by atomic mass is 9.91. The Morgan fingerprint density at radius 1 is 1.00 bits per heavy atom. The minimum atomic E-state index is -1.06. The van der Waals surface area contributed by atoms with E-state index in [1.165, 1.54) is 11.1 Å². The Balaban J connectivity index is 1.85. The molecule has 0 saturated carbocycles. The number of benzene rings is 1. The summed E-state index contributed by atoms with van der Waals surface area (Å²) >= 11 is 0. The molecule has 6 nitrogen and oxygen atoms in total. The lowest BCUT2D eigenvalue weighted by Gasteiger charge is -2.43. The molecule has 152 valence electrons. The average molecular weight is 379 g/mol. The van der Waals surface area contributed by atoms with Gasteiger partial charge in [0.1, 0.15) is 0 Å². The van der Waals surface area contributed by atoms with Crippen LogP contribution in [0.15, 0.2) is 24.3 Å². The zero-order valence-corrected chi connectivity index (χ0v) is 16.5. The van der Waals surface area contributed by atoms with Crippen LogP contribution >= 0.6 is 0 Å². The van der Waals surface area contributed by atoms with Gasteiger partial charge in [-0.1, -0.05) is 37.1 Å². The van der Waals surface area contributed by atoms with E-state index in [1.54, 1.807) is 0 Å². The van der Waals surface area contributed by atoms with Crippen molar-refractivity contribution in [3.8, 4) is 0 Å². The van der Waals surface area contributed by atoms with Crippen LogP contribution in [0.3, 0.4) is 0 Å². The molecule has 3 N–H and O–H groups in total. The fourth-order valence-corrected chi connectivity index (χ4v) is 3.26. The SMILES string of the molecule is CC1(C)OCC(CCc2ccc(CCCCCCO)cc2)(NC(=O)O)CO1. The minimum Gasteiger partial charge on any atom is -0.465 e. The number of carboxylic acid groups (broad SMARTS) is 1. The molecule has 1 aromatic rings. The average Bonchev–Trinajstić information content (AvgIpc) is 2.63. The Morgan fingerprint density at radius 3 is 2.11 bits per heavy atom. The van der Waals surface area contributed by atoms with E-state index < -0.39 is 17.4 Å². The summed E-state index contributed by atoms with van der Waals surface area (Å²) in [5.41, 5.74) is 1.77. The number of carbonyl (C=O) groups is 1. The van der Waals surface area contributed by atoms with Gasteiger partial charge in [0, 0.05) is 6.61 Å². The number of aliphatic hydroxyl groups is 1. The maximum atomic E-state index is 11.2. The number of unbranched alkanes of at least 4 members (excludes halogenated alkanes) is 3. The lowest BCUT2D eigenvalue weighted by Crippen LogP contribution is -2.61. The van der Waals surface area contributed by atoms with E-state index in [-0.39, 0.29) is 6.61 Å². The van der Waals surface area contributed by atoms with E-state index in [2.05, 4.69) is 29.6 Å². The Bertz CT molecular complexity index is 575. The number of aliphatic hydroxyl groups excluding tert-OH is 1. The second-order valence-electron chi connectivity index (χ2n) is 7.89. The number of rotatable bonds is 10. The topological polar surface area (TPSA) is 88.0 Å². The predicted molar refractivity (Wildman–Crippen MR) is 104 cm³/mol. The lowest BCUT2D eigenvalue weighted by molar-refractivity contribution is -0.271. The molecule has 27 heavy (non-hydrogen) atoms. The quantitative estimate of drug-likeness (QED) is 0.542. The van der Waals surface area contributed by atoms with Crippen molar-refractivity contribution >= 4 is 6.09 Å². The number of nitrogens with one attached hydrogen (secondary N) is 1. The number of hydrogen-bond acceptors (Lipinski definition) is 4. The summed E-state index contributed by atoms with van der Waals surface area (Å²) in [4.78, 5) is 11.2. The largest absolute Gasteiger partial charge is 0.465 e. The third-order valence-corrected chi connectivity index (χ3v) is 5.05. The highest BCUT2D eigenvalue weighted by Crippen LogP contribution is 2.27. The molecule has 1 fully saturated rings. The molecule has 1 aromatic carbocycles. The van der Waals surface area contributed by atoms with Crippen LogP contribution in [-0.4, -0.2) is 47.5 Å². The van der Waals surface area contributed by atoms with Gasteiger partial charge in [-0.25, -0.2) is 4.79 Å². The Hall–Kier alpha value is -1.63. The molecule has 1 heterocycles. The fraction of sp³-hybridized carbons (Fsp3) is 0.667. The third-order valence-electron chi connectivity index (χ3n) is 5.05. The van der Waals surface area contributed by atoms with Gasteiger partial charge < -0.3 is 25.0 Å². The molecular weight excluding hydrogens is 346 g/mol. The van der Waals surface area contributed by atoms with E-state index in [0.717, 1.165) is 38.5 Å². The van der Waals surface area contributed by atoms with Gasteiger partial charge in [0.05, 0.1) is 18.8 Å². The van der Waals surface area contributed by atoms with Crippen LogP contribution in [0.1, 0.15) is 57.1 Å².